The Kier molecular flexibility index (Phi) is 4.61. The Bertz CT molecular complexity index is 829. The Morgan fingerprint density at radius 1 is 1.15 bits per heavy atom. The van der Waals surface area contributed by atoms with Crippen molar-refractivity contribution in [1.82, 2.24) is 19.8 Å². The lowest BCUT2D eigenvalue weighted by atomic mass is 9.92. The number of carbonyl (C=O) groups is 2. The lowest BCUT2D eigenvalue weighted by Gasteiger charge is -2.48. The van der Waals surface area contributed by atoms with Crippen LogP contribution in [-0.2, 0) is 16.1 Å². The van der Waals surface area contributed by atoms with Crippen molar-refractivity contribution in [2.24, 2.45) is 0 Å². The van der Waals surface area contributed by atoms with Gasteiger partial charge in [-0.25, -0.2) is 0 Å². The molecule has 2 amide bonds. The number of hydrogen-bond donors (Lipinski definition) is 0. The molecule has 2 aromatic heterocycles. The number of anilines is 1. The minimum Gasteiger partial charge on any atom is -0.325 e. The Balaban J connectivity index is 1.58. The highest BCUT2D eigenvalue weighted by atomic mass is 16.2. The zero-order valence-corrected chi connectivity index (χ0v) is 15.4. The van der Waals surface area contributed by atoms with Crippen molar-refractivity contribution >= 4 is 17.5 Å². The number of aromatic nitrogens is 2. The number of amides is 2. The lowest BCUT2D eigenvalue weighted by Crippen LogP contribution is -2.66. The van der Waals surface area contributed by atoms with Crippen LogP contribution < -0.4 is 4.90 Å². The maximum absolute atomic E-state index is 12.7. The first-order chi connectivity index (χ1) is 13.1. The van der Waals surface area contributed by atoms with E-state index in [9.17, 15) is 9.59 Å². The van der Waals surface area contributed by atoms with Gasteiger partial charge in [0.05, 0.1) is 24.0 Å². The van der Waals surface area contributed by atoms with Crippen molar-refractivity contribution in [3.05, 3.63) is 54.6 Å². The topological polar surface area (TPSA) is 69.6 Å². The Morgan fingerprint density at radius 3 is 2.59 bits per heavy atom. The lowest BCUT2D eigenvalue weighted by molar-refractivity contribution is -0.142. The first-order valence-corrected chi connectivity index (χ1v) is 9.17. The molecule has 0 aliphatic carbocycles. The van der Waals surface area contributed by atoms with Gasteiger partial charge in [-0.2, -0.15) is 0 Å². The summed E-state index contributed by atoms with van der Waals surface area (Å²) in [5, 5.41) is 0. The van der Waals surface area contributed by atoms with Gasteiger partial charge in [0.15, 0.2) is 0 Å². The summed E-state index contributed by atoms with van der Waals surface area (Å²) in [4.78, 5) is 39.2. The fraction of sp³-hybridized carbons (Fsp3) is 0.400. The van der Waals surface area contributed by atoms with Crippen molar-refractivity contribution in [1.29, 1.82) is 0 Å². The number of rotatable bonds is 3. The van der Waals surface area contributed by atoms with E-state index >= 15 is 0 Å². The second kappa shape index (κ2) is 7.08. The summed E-state index contributed by atoms with van der Waals surface area (Å²) in [6, 6.07) is 7.72. The maximum atomic E-state index is 12.7. The number of nitrogens with zero attached hydrogens (tertiary/aromatic N) is 5. The van der Waals surface area contributed by atoms with Crippen molar-refractivity contribution in [2.75, 3.05) is 31.1 Å². The average Bonchev–Trinajstić information content (AvgIpc) is 3.07. The standard InChI is InChI=1S/C20H23N5O2/c1-16(26)25-13-19(27)24(18-5-3-8-22-11-18)15-20(25)6-9-23(14-20)12-17-4-2-7-21-10-17/h2-5,7-8,10-11H,6,9,12-15H2,1H3. The summed E-state index contributed by atoms with van der Waals surface area (Å²) in [7, 11) is 0. The largest absolute Gasteiger partial charge is 0.325 e. The molecule has 27 heavy (non-hydrogen) atoms. The number of piperazine rings is 1. The molecular weight excluding hydrogens is 342 g/mol. The van der Waals surface area contributed by atoms with E-state index in [0.717, 1.165) is 37.3 Å². The summed E-state index contributed by atoms with van der Waals surface area (Å²) in [5.74, 6) is -0.105. The third-order valence-electron chi connectivity index (χ3n) is 5.50. The molecule has 1 unspecified atom stereocenters. The van der Waals surface area contributed by atoms with Crippen LogP contribution in [0.25, 0.3) is 0 Å². The molecule has 0 bridgehead atoms. The monoisotopic (exact) mass is 365 g/mol. The van der Waals surface area contributed by atoms with Gasteiger partial charge in [0, 0.05) is 45.1 Å². The van der Waals surface area contributed by atoms with E-state index in [1.807, 2.05) is 24.4 Å². The highest BCUT2D eigenvalue weighted by Gasteiger charge is 2.50. The van der Waals surface area contributed by atoms with Crippen LogP contribution in [0.5, 0.6) is 0 Å². The molecule has 1 atom stereocenters. The molecule has 140 valence electrons. The molecule has 0 radical (unpaired) electrons. The number of carbonyl (C=O) groups excluding carboxylic acids is 2. The predicted molar refractivity (Wildman–Crippen MR) is 101 cm³/mol. The quantitative estimate of drug-likeness (QED) is 0.820. The van der Waals surface area contributed by atoms with Gasteiger partial charge in [-0.15, -0.1) is 0 Å². The van der Waals surface area contributed by atoms with Gasteiger partial charge in [0.2, 0.25) is 11.8 Å². The molecule has 0 N–H and O–H groups in total. The second-order valence-corrected chi connectivity index (χ2v) is 7.34. The maximum Gasteiger partial charge on any atom is 0.246 e. The van der Waals surface area contributed by atoms with Gasteiger partial charge in [-0.1, -0.05) is 6.07 Å². The van der Waals surface area contributed by atoms with Gasteiger partial charge >= 0.3 is 0 Å². The van der Waals surface area contributed by atoms with Crippen LogP contribution in [0.3, 0.4) is 0 Å². The molecule has 7 heteroatoms. The fourth-order valence-electron chi connectivity index (χ4n) is 4.22. The third-order valence-corrected chi connectivity index (χ3v) is 5.50. The first kappa shape index (κ1) is 17.6. The van der Waals surface area contributed by atoms with Gasteiger partial charge in [0.25, 0.3) is 0 Å². The Morgan fingerprint density at radius 2 is 1.93 bits per heavy atom. The molecule has 4 heterocycles. The Labute approximate surface area is 158 Å². The van der Waals surface area contributed by atoms with E-state index in [1.165, 1.54) is 0 Å². The molecule has 4 rings (SSSR count). The molecule has 2 saturated heterocycles. The molecule has 2 aliphatic heterocycles. The van der Waals surface area contributed by atoms with Gasteiger partial charge in [0.1, 0.15) is 6.54 Å². The van der Waals surface area contributed by atoms with E-state index in [1.54, 1.807) is 35.3 Å². The summed E-state index contributed by atoms with van der Waals surface area (Å²) >= 11 is 0. The third kappa shape index (κ3) is 3.42. The van der Waals surface area contributed by atoms with Crippen LogP contribution in [0, 0.1) is 0 Å². The van der Waals surface area contributed by atoms with Gasteiger partial charge in [-0.3, -0.25) is 24.5 Å². The van der Waals surface area contributed by atoms with Crippen molar-refractivity contribution in [2.45, 2.75) is 25.4 Å². The van der Waals surface area contributed by atoms with E-state index < -0.39 is 0 Å². The normalized spacial score (nSPS) is 23.2. The molecule has 2 aromatic rings. The predicted octanol–water partition coefficient (Wildman–Crippen LogP) is 1.32. The minimum absolute atomic E-state index is 0.0441. The Hall–Kier alpha value is -2.80. The fourth-order valence-corrected chi connectivity index (χ4v) is 4.22. The van der Waals surface area contributed by atoms with E-state index in [4.69, 9.17) is 0 Å². The highest BCUT2D eigenvalue weighted by Crippen LogP contribution is 2.34. The number of pyridine rings is 2. The van der Waals surface area contributed by atoms with Crippen LogP contribution in [0.15, 0.2) is 49.1 Å². The van der Waals surface area contributed by atoms with Crippen molar-refractivity contribution < 1.29 is 9.59 Å². The number of hydrogen-bond acceptors (Lipinski definition) is 5. The molecule has 2 fully saturated rings. The molecule has 2 aliphatic rings. The van der Waals surface area contributed by atoms with Crippen LogP contribution in [0.4, 0.5) is 5.69 Å². The molecule has 0 aromatic carbocycles. The SMILES string of the molecule is CC(=O)N1CC(=O)N(c2cccnc2)CC12CCN(Cc1cccnc1)C2. The van der Waals surface area contributed by atoms with Crippen LogP contribution >= 0.6 is 0 Å². The van der Waals surface area contributed by atoms with E-state index in [0.29, 0.717) is 6.54 Å². The molecular formula is C20H23N5O2. The van der Waals surface area contributed by atoms with E-state index in [2.05, 4.69) is 20.9 Å². The van der Waals surface area contributed by atoms with Crippen LogP contribution in [0.2, 0.25) is 0 Å². The van der Waals surface area contributed by atoms with E-state index in [-0.39, 0.29) is 23.9 Å². The zero-order chi connectivity index (χ0) is 18.9. The summed E-state index contributed by atoms with van der Waals surface area (Å²) in [6.45, 7) is 4.59. The minimum atomic E-state index is -0.363. The van der Waals surface area contributed by atoms with Gasteiger partial charge < -0.3 is 9.80 Å². The summed E-state index contributed by atoms with van der Waals surface area (Å²) in [5.41, 5.74) is 1.58. The van der Waals surface area contributed by atoms with Crippen molar-refractivity contribution in [3.8, 4) is 0 Å². The van der Waals surface area contributed by atoms with Gasteiger partial charge in [-0.05, 0) is 30.2 Å². The highest BCUT2D eigenvalue weighted by molar-refractivity contribution is 5.98. The smallest absolute Gasteiger partial charge is 0.246 e. The zero-order valence-electron chi connectivity index (χ0n) is 15.4. The first-order valence-electron chi connectivity index (χ1n) is 9.17. The summed E-state index contributed by atoms with van der Waals surface area (Å²) in [6.07, 6.45) is 7.89. The summed E-state index contributed by atoms with van der Waals surface area (Å²) < 4.78 is 0. The molecule has 0 saturated carbocycles. The van der Waals surface area contributed by atoms with Crippen molar-refractivity contribution in [3.63, 3.8) is 0 Å². The second-order valence-electron chi connectivity index (χ2n) is 7.34. The van der Waals surface area contributed by atoms with Crippen LogP contribution in [-0.4, -0.2) is 63.3 Å². The number of likely N-dealkylation sites (tertiary alicyclic amines) is 1. The molecule has 7 nitrogen and oxygen atoms in total. The molecule has 1 spiro atoms. The van der Waals surface area contributed by atoms with Crippen LogP contribution in [0.1, 0.15) is 18.9 Å². The average molecular weight is 365 g/mol.